The highest BCUT2D eigenvalue weighted by Gasteiger charge is 2.11. The molecule has 0 aromatic heterocycles. The van der Waals surface area contributed by atoms with Gasteiger partial charge >= 0.3 is 0 Å². The van der Waals surface area contributed by atoms with Crippen LogP contribution in [0, 0.1) is 0 Å². The Bertz CT molecular complexity index is 603. The van der Waals surface area contributed by atoms with E-state index in [1.807, 2.05) is 30.3 Å². The first kappa shape index (κ1) is 17.9. The summed E-state index contributed by atoms with van der Waals surface area (Å²) in [7, 11) is 0. The fourth-order valence-electron chi connectivity index (χ4n) is 1.57. The Hall–Kier alpha value is -1.20. The molecule has 4 nitrogen and oxygen atoms in total. The zero-order chi connectivity index (χ0) is 16.2. The molecule has 2 rings (SSSR count). The van der Waals surface area contributed by atoms with Crippen LogP contribution in [-0.2, 0) is 0 Å². The number of alkyl halides is 4. The summed E-state index contributed by atoms with van der Waals surface area (Å²) in [6.45, 7) is 0. The van der Waals surface area contributed by atoms with Gasteiger partial charge in [0, 0.05) is 11.3 Å². The molecular formula is C13H14Cl4N4. The highest BCUT2D eigenvalue weighted by Crippen LogP contribution is 2.34. The van der Waals surface area contributed by atoms with E-state index >= 15 is 0 Å². The lowest BCUT2D eigenvalue weighted by Gasteiger charge is -2.10. The van der Waals surface area contributed by atoms with Crippen LogP contribution in [0.5, 0.6) is 0 Å². The van der Waals surface area contributed by atoms with Crippen LogP contribution in [0.25, 0.3) is 11.1 Å². The number of halogens is 4. The van der Waals surface area contributed by atoms with Gasteiger partial charge in [-0.2, -0.15) is 0 Å². The van der Waals surface area contributed by atoms with Gasteiger partial charge in [-0.3, -0.25) is 0 Å². The normalized spacial score (nSPS) is 10.7. The molecule has 114 valence electrons. The number of benzene rings is 2. The van der Waals surface area contributed by atoms with Crippen molar-refractivity contribution in [3.8, 4) is 11.1 Å². The molecule has 0 unspecified atom stereocenters. The van der Waals surface area contributed by atoms with Gasteiger partial charge in [0.15, 0.2) is 0 Å². The fourth-order valence-corrected chi connectivity index (χ4v) is 1.57. The number of hydrogen-bond acceptors (Lipinski definition) is 4. The summed E-state index contributed by atoms with van der Waals surface area (Å²) < 4.78 is -1.61. The number of rotatable bonds is 1. The third kappa shape index (κ3) is 5.98. The van der Waals surface area contributed by atoms with Gasteiger partial charge < -0.3 is 22.9 Å². The number of nitrogens with two attached hydrogens (primary N) is 4. The highest BCUT2D eigenvalue weighted by atomic mass is 35.6. The molecule has 21 heavy (non-hydrogen) atoms. The lowest BCUT2D eigenvalue weighted by Crippen LogP contribution is -2.01. The molecule has 8 heteroatoms. The summed E-state index contributed by atoms with van der Waals surface area (Å²) in [5.74, 6) is 0. The molecule has 0 aliphatic heterocycles. The average molecular weight is 368 g/mol. The Morgan fingerprint density at radius 3 is 1.62 bits per heavy atom. The van der Waals surface area contributed by atoms with Crippen molar-refractivity contribution in [3.63, 3.8) is 0 Å². The van der Waals surface area contributed by atoms with Gasteiger partial charge in [0.1, 0.15) is 0 Å². The van der Waals surface area contributed by atoms with E-state index in [-0.39, 0.29) is 0 Å². The lowest BCUT2D eigenvalue weighted by atomic mass is 10.0. The molecule has 0 saturated heterocycles. The van der Waals surface area contributed by atoms with Crippen LogP contribution < -0.4 is 22.9 Å². The molecule has 0 bridgehead atoms. The minimum absolute atomic E-state index is 0.425. The van der Waals surface area contributed by atoms with E-state index in [1.54, 1.807) is 6.07 Å². The molecule has 0 aliphatic rings. The average Bonchev–Trinajstić information content (AvgIpc) is 2.36. The van der Waals surface area contributed by atoms with E-state index in [9.17, 15) is 0 Å². The minimum atomic E-state index is -1.61. The summed E-state index contributed by atoms with van der Waals surface area (Å²) >= 11 is 19.3. The van der Waals surface area contributed by atoms with Crippen LogP contribution in [0.3, 0.4) is 0 Å². The smallest absolute Gasteiger partial charge is 0.266 e. The predicted molar refractivity (Wildman–Crippen MR) is 95.7 cm³/mol. The van der Waals surface area contributed by atoms with Crippen LogP contribution in [0.2, 0.25) is 0 Å². The zero-order valence-electron chi connectivity index (χ0n) is 10.8. The molecule has 0 amide bonds. The Kier molecular flexibility index (Phi) is 6.10. The maximum Gasteiger partial charge on any atom is 0.266 e. The van der Waals surface area contributed by atoms with Gasteiger partial charge in [-0.25, -0.2) is 0 Å². The van der Waals surface area contributed by atoms with Crippen molar-refractivity contribution >= 4 is 69.2 Å². The summed E-state index contributed by atoms with van der Waals surface area (Å²) in [4.78, 5) is 0. The molecule has 0 radical (unpaired) electrons. The molecule has 0 fully saturated rings. The van der Waals surface area contributed by atoms with Crippen molar-refractivity contribution < 1.29 is 0 Å². The zero-order valence-corrected chi connectivity index (χ0v) is 13.8. The minimum Gasteiger partial charge on any atom is -0.399 e. The van der Waals surface area contributed by atoms with Crippen LogP contribution >= 0.6 is 46.4 Å². The lowest BCUT2D eigenvalue weighted by molar-refractivity contribution is 1.59. The standard InChI is InChI=1S/C12H14N4.CCl4/c13-8-3-1-7(2-4-8)9-5-6-10(14)12(16)11(9)15;2-1(3,4)5/h1-6H,13-16H2;. The molecule has 0 heterocycles. The topological polar surface area (TPSA) is 104 Å². The van der Waals surface area contributed by atoms with E-state index in [4.69, 9.17) is 69.3 Å². The Morgan fingerprint density at radius 1 is 0.667 bits per heavy atom. The molecule has 8 N–H and O–H groups in total. The second kappa shape index (κ2) is 7.18. The van der Waals surface area contributed by atoms with E-state index in [2.05, 4.69) is 0 Å². The van der Waals surface area contributed by atoms with E-state index in [0.717, 1.165) is 11.1 Å². The molecule has 0 atom stereocenters. The van der Waals surface area contributed by atoms with Gasteiger partial charge in [0.2, 0.25) is 0 Å². The molecule has 0 spiro atoms. The third-order valence-electron chi connectivity index (χ3n) is 2.54. The van der Waals surface area contributed by atoms with Gasteiger partial charge in [0.05, 0.1) is 17.1 Å². The molecule has 2 aromatic carbocycles. The monoisotopic (exact) mass is 366 g/mol. The van der Waals surface area contributed by atoms with Crippen molar-refractivity contribution in [2.45, 2.75) is 3.25 Å². The Morgan fingerprint density at radius 2 is 1.14 bits per heavy atom. The fraction of sp³-hybridized carbons (Fsp3) is 0.0769. The second-order valence-electron chi connectivity index (χ2n) is 4.08. The largest absolute Gasteiger partial charge is 0.399 e. The number of hydrogen-bond donors (Lipinski definition) is 4. The summed E-state index contributed by atoms with van der Waals surface area (Å²) in [5, 5.41) is 0. The van der Waals surface area contributed by atoms with Crippen LogP contribution in [0.4, 0.5) is 22.7 Å². The molecular weight excluding hydrogens is 354 g/mol. The van der Waals surface area contributed by atoms with Crippen molar-refractivity contribution in [1.29, 1.82) is 0 Å². The van der Waals surface area contributed by atoms with Crippen molar-refractivity contribution in [3.05, 3.63) is 36.4 Å². The number of anilines is 4. The highest BCUT2D eigenvalue weighted by molar-refractivity contribution is 6.83. The SMILES string of the molecule is ClC(Cl)(Cl)Cl.Nc1ccc(-c2ccc(N)c(N)c2N)cc1. The summed E-state index contributed by atoms with van der Waals surface area (Å²) in [6, 6.07) is 11.0. The van der Waals surface area contributed by atoms with Gasteiger partial charge in [-0.05, 0) is 23.8 Å². The predicted octanol–water partition coefficient (Wildman–Crippen LogP) is 4.24. The van der Waals surface area contributed by atoms with Crippen molar-refractivity contribution in [2.24, 2.45) is 0 Å². The Balaban J connectivity index is 0.000000383. The van der Waals surface area contributed by atoms with Gasteiger partial charge in [-0.15, -0.1) is 0 Å². The molecule has 0 saturated carbocycles. The van der Waals surface area contributed by atoms with E-state index in [1.165, 1.54) is 0 Å². The van der Waals surface area contributed by atoms with Crippen LogP contribution in [0.15, 0.2) is 36.4 Å². The number of nitrogen functional groups attached to an aromatic ring is 4. The van der Waals surface area contributed by atoms with Gasteiger partial charge in [-0.1, -0.05) is 64.6 Å². The van der Waals surface area contributed by atoms with Crippen molar-refractivity contribution in [1.82, 2.24) is 0 Å². The molecule has 2 aromatic rings. The van der Waals surface area contributed by atoms with Gasteiger partial charge in [0.25, 0.3) is 3.25 Å². The summed E-state index contributed by atoms with van der Waals surface area (Å²) in [6.07, 6.45) is 0. The first-order valence-electron chi connectivity index (χ1n) is 5.64. The van der Waals surface area contributed by atoms with Crippen molar-refractivity contribution in [2.75, 3.05) is 22.9 Å². The van der Waals surface area contributed by atoms with E-state index < -0.39 is 3.25 Å². The summed E-state index contributed by atoms with van der Waals surface area (Å²) in [5.41, 5.74) is 27.0. The Labute approximate surface area is 142 Å². The van der Waals surface area contributed by atoms with Crippen LogP contribution in [0.1, 0.15) is 0 Å². The third-order valence-corrected chi connectivity index (χ3v) is 2.54. The molecule has 0 aliphatic carbocycles. The second-order valence-corrected chi connectivity index (χ2v) is 7.51. The maximum atomic E-state index is 5.92. The first-order chi connectivity index (χ1) is 9.59. The first-order valence-corrected chi connectivity index (χ1v) is 7.15. The quantitative estimate of drug-likeness (QED) is 0.447. The maximum absolute atomic E-state index is 5.92. The van der Waals surface area contributed by atoms with Crippen LogP contribution in [-0.4, -0.2) is 3.25 Å². The van der Waals surface area contributed by atoms with E-state index in [0.29, 0.717) is 22.7 Å².